The number of aromatic nitrogens is 2. The van der Waals surface area contributed by atoms with Crippen molar-refractivity contribution in [2.45, 2.75) is 6.92 Å². The molecule has 0 radical (unpaired) electrons. The molecule has 0 unspecified atom stereocenters. The summed E-state index contributed by atoms with van der Waals surface area (Å²) in [7, 11) is 1.60. The number of carbonyl (C=O) groups excluding carboxylic acids is 1. The number of carbonyl (C=O) groups is 1. The van der Waals surface area contributed by atoms with E-state index in [2.05, 4.69) is 10.3 Å². The topological polar surface area (TPSA) is 64.0 Å². The van der Waals surface area contributed by atoms with E-state index in [4.69, 9.17) is 0 Å². The highest BCUT2D eigenvalue weighted by molar-refractivity contribution is 6.03. The fourth-order valence-corrected chi connectivity index (χ4v) is 1.57. The third-order valence-electron chi connectivity index (χ3n) is 2.50. The van der Waals surface area contributed by atoms with Gasteiger partial charge < -0.3 is 9.88 Å². The molecule has 5 heteroatoms. The van der Waals surface area contributed by atoms with E-state index >= 15 is 0 Å². The highest BCUT2D eigenvalue weighted by Gasteiger charge is 2.11. The van der Waals surface area contributed by atoms with Crippen LogP contribution in [0.3, 0.4) is 0 Å². The second kappa shape index (κ2) is 4.83. The molecule has 0 aliphatic rings. The van der Waals surface area contributed by atoms with Gasteiger partial charge in [0.1, 0.15) is 11.4 Å². The number of nitrogens with one attached hydrogen (secondary N) is 1. The number of pyridine rings is 2. The van der Waals surface area contributed by atoms with Crippen molar-refractivity contribution in [1.29, 1.82) is 0 Å². The molecule has 2 rings (SSSR count). The molecule has 5 nitrogen and oxygen atoms in total. The maximum Gasteiger partial charge on any atom is 0.263 e. The molecule has 92 valence electrons. The molecule has 0 aliphatic carbocycles. The van der Waals surface area contributed by atoms with Gasteiger partial charge in [-0.25, -0.2) is 4.98 Å². The molecule has 0 aliphatic heterocycles. The van der Waals surface area contributed by atoms with E-state index in [-0.39, 0.29) is 11.1 Å². The van der Waals surface area contributed by atoms with Crippen LogP contribution in [0.25, 0.3) is 0 Å². The zero-order valence-electron chi connectivity index (χ0n) is 10.2. The minimum atomic E-state index is -0.450. The van der Waals surface area contributed by atoms with E-state index in [1.807, 2.05) is 13.0 Å². The van der Waals surface area contributed by atoms with Gasteiger partial charge in [-0.3, -0.25) is 9.59 Å². The van der Waals surface area contributed by atoms with Crippen molar-refractivity contribution in [1.82, 2.24) is 9.55 Å². The highest BCUT2D eigenvalue weighted by Crippen LogP contribution is 2.05. The van der Waals surface area contributed by atoms with Crippen LogP contribution < -0.4 is 10.9 Å². The van der Waals surface area contributed by atoms with Crippen LogP contribution in [-0.2, 0) is 7.05 Å². The Morgan fingerprint density at radius 3 is 2.78 bits per heavy atom. The standard InChI is InChI=1S/C13H13N3O2/c1-9-5-3-7-11(14-9)15-12(17)10-6-4-8-16(2)13(10)18/h3-8H,1-2H3,(H,14,15,17). The SMILES string of the molecule is Cc1cccc(NC(=O)c2cccn(C)c2=O)n1. The Labute approximate surface area is 104 Å². The molecule has 0 atom stereocenters. The number of hydrogen-bond acceptors (Lipinski definition) is 3. The Morgan fingerprint density at radius 1 is 1.28 bits per heavy atom. The lowest BCUT2D eigenvalue weighted by molar-refractivity contribution is 0.102. The minimum Gasteiger partial charge on any atom is -0.318 e. The number of aryl methyl sites for hydroxylation is 2. The molecule has 2 heterocycles. The molecule has 0 aromatic carbocycles. The molecule has 0 saturated carbocycles. The first-order chi connectivity index (χ1) is 8.58. The Bertz CT molecular complexity index is 647. The maximum atomic E-state index is 11.9. The summed E-state index contributed by atoms with van der Waals surface area (Å²) in [4.78, 5) is 27.8. The van der Waals surface area contributed by atoms with Crippen molar-refractivity contribution in [2.75, 3.05) is 5.32 Å². The van der Waals surface area contributed by atoms with Gasteiger partial charge in [0.05, 0.1) is 0 Å². The first kappa shape index (κ1) is 12.0. The van der Waals surface area contributed by atoms with Crippen molar-refractivity contribution >= 4 is 11.7 Å². The van der Waals surface area contributed by atoms with Crippen LogP contribution in [0, 0.1) is 6.92 Å². The first-order valence-corrected chi connectivity index (χ1v) is 5.48. The van der Waals surface area contributed by atoms with E-state index in [9.17, 15) is 9.59 Å². The third-order valence-corrected chi connectivity index (χ3v) is 2.50. The summed E-state index contributed by atoms with van der Waals surface area (Å²) in [6.45, 7) is 1.83. The molecular weight excluding hydrogens is 230 g/mol. The van der Waals surface area contributed by atoms with E-state index in [0.717, 1.165) is 5.69 Å². The average molecular weight is 243 g/mol. The van der Waals surface area contributed by atoms with E-state index in [0.29, 0.717) is 5.82 Å². The summed E-state index contributed by atoms with van der Waals surface area (Å²) >= 11 is 0. The van der Waals surface area contributed by atoms with Gasteiger partial charge in [-0.2, -0.15) is 0 Å². The normalized spacial score (nSPS) is 10.1. The summed E-state index contributed by atoms with van der Waals surface area (Å²) < 4.78 is 1.36. The fraction of sp³-hybridized carbons (Fsp3) is 0.154. The van der Waals surface area contributed by atoms with Crippen molar-refractivity contribution in [3.05, 3.63) is 58.1 Å². The van der Waals surface area contributed by atoms with Crippen LogP contribution in [0.5, 0.6) is 0 Å². The fourth-order valence-electron chi connectivity index (χ4n) is 1.57. The minimum absolute atomic E-state index is 0.100. The largest absolute Gasteiger partial charge is 0.318 e. The van der Waals surface area contributed by atoms with Gasteiger partial charge in [-0.15, -0.1) is 0 Å². The summed E-state index contributed by atoms with van der Waals surface area (Å²) in [5.74, 6) is -0.0137. The zero-order valence-corrected chi connectivity index (χ0v) is 10.2. The van der Waals surface area contributed by atoms with Crippen LogP contribution in [0.4, 0.5) is 5.82 Å². The van der Waals surface area contributed by atoms with Crippen molar-refractivity contribution in [2.24, 2.45) is 7.05 Å². The van der Waals surface area contributed by atoms with Gasteiger partial charge in [0.15, 0.2) is 0 Å². The lowest BCUT2D eigenvalue weighted by Gasteiger charge is -2.05. The Hall–Kier alpha value is -2.43. The molecule has 1 amide bonds. The molecule has 0 spiro atoms. The second-order valence-corrected chi connectivity index (χ2v) is 3.96. The number of nitrogens with zero attached hydrogens (tertiary/aromatic N) is 2. The van der Waals surface area contributed by atoms with Crippen LogP contribution in [0.1, 0.15) is 16.1 Å². The van der Waals surface area contributed by atoms with Crippen LogP contribution in [0.15, 0.2) is 41.3 Å². The number of anilines is 1. The van der Waals surface area contributed by atoms with E-state index < -0.39 is 5.91 Å². The van der Waals surface area contributed by atoms with E-state index in [1.165, 1.54) is 10.6 Å². The van der Waals surface area contributed by atoms with Gasteiger partial charge in [0.25, 0.3) is 11.5 Å². The quantitative estimate of drug-likeness (QED) is 0.865. The second-order valence-electron chi connectivity index (χ2n) is 3.96. The van der Waals surface area contributed by atoms with Crippen LogP contribution in [-0.4, -0.2) is 15.5 Å². The summed E-state index contributed by atoms with van der Waals surface area (Å²) in [5, 5.41) is 2.60. The predicted molar refractivity (Wildman–Crippen MR) is 68.6 cm³/mol. The maximum absolute atomic E-state index is 11.9. The number of rotatable bonds is 2. The van der Waals surface area contributed by atoms with Gasteiger partial charge in [0, 0.05) is 18.9 Å². The van der Waals surface area contributed by atoms with Crippen LogP contribution in [0.2, 0.25) is 0 Å². The molecule has 1 N–H and O–H groups in total. The molecule has 0 saturated heterocycles. The third kappa shape index (κ3) is 2.45. The molecule has 2 aromatic heterocycles. The summed E-state index contributed by atoms with van der Waals surface area (Å²) in [6.07, 6.45) is 1.60. The zero-order chi connectivity index (χ0) is 13.1. The highest BCUT2D eigenvalue weighted by atomic mass is 16.2. The predicted octanol–water partition coefficient (Wildman–Crippen LogP) is 1.34. The van der Waals surface area contributed by atoms with Gasteiger partial charge in [0.2, 0.25) is 0 Å². The number of amides is 1. The van der Waals surface area contributed by atoms with Crippen LogP contribution >= 0.6 is 0 Å². The Balaban J connectivity index is 2.28. The van der Waals surface area contributed by atoms with E-state index in [1.54, 1.807) is 31.4 Å². The lowest BCUT2D eigenvalue weighted by atomic mass is 10.2. The van der Waals surface area contributed by atoms with Crippen molar-refractivity contribution < 1.29 is 4.79 Å². The molecular formula is C13H13N3O2. The molecule has 0 bridgehead atoms. The lowest BCUT2D eigenvalue weighted by Crippen LogP contribution is -2.27. The Kier molecular flexibility index (Phi) is 3.23. The average Bonchev–Trinajstić information content (AvgIpc) is 2.32. The van der Waals surface area contributed by atoms with Crippen molar-refractivity contribution in [3.8, 4) is 0 Å². The Morgan fingerprint density at radius 2 is 2.06 bits per heavy atom. The number of hydrogen-bond donors (Lipinski definition) is 1. The molecule has 2 aromatic rings. The summed E-state index contributed by atoms with van der Waals surface area (Å²) in [6, 6.07) is 8.45. The molecule has 0 fully saturated rings. The van der Waals surface area contributed by atoms with Crippen molar-refractivity contribution in [3.63, 3.8) is 0 Å². The first-order valence-electron chi connectivity index (χ1n) is 5.48. The van der Waals surface area contributed by atoms with Gasteiger partial charge >= 0.3 is 0 Å². The smallest absolute Gasteiger partial charge is 0.263 e. The van der Waals surface area contributed by atoms with Gasteiger partial charge in [-0.1, -0.05) is 6.07 Å². The van der Waals surface area contributed by atoms with Gasteiger partial charge in [-0.05, 0) is 31.2 Å². The monoisotopic (exact) mass is 243 g/mol. The molecule has 18 heavy (non-hydrogen) atoms. The summed E-state index contributed by atoms with van der Waals surface area (Å²) in [5.41, 5.74) is 0.569.